The number of hydrogen-bond acceptors (Lipinski definition) is 5. The van der Waals surface area contributed by atoms with E-state index >= 15 is 0 Å². The minimum atomic E-state index is -3.42. The number of anilines is 2. The van der Waals surface area contributed by atoms with Crippen LogP contribution in [0.1, 0.15) is 40.4 Å². The van der Waals surface area contributed by atoms with E-state index in [2.05, 4.69) is 16.7 Å². The van der Waals surface area contributed by atoms with Gasteiger partial charge in [-0.2, -0.15) is 0 Å². The van der Waals surface area contributed by atoms with Gasteiger partial charge in [0, 0.05) is 23.2 Å². The Balaban J connectivity index is 1.39. The molecular formula is C27H28N2O5S. The molecule has 0 bridgehead atoms. The van der Waals surface area contributed by atoms with Crippen molar-refractivity contribution in [2.75, 3.05) is 16.9 Å². The molecule has 35 heavy (non-hydrogen) atoms. The predicted molar refractivity (Wildman–Crippen MR) is 136 cm³/mol. The highest BCUT2D eigenvalue weighted by Crippen LogP contribution is 2.27. The summed E-state index contributed by atoms with van der Waals surface area (Å²) < 4.78 is 29.4. The minimum absolute atomic E-state index is 0.0798. The minimum Gasteiger partial charge on any atom is -0.481 e. The molecule has 182 valence electrons. The molecule has 1 aliphatic carbocycles. The highest BCUT2D eigenvalue weighted by Gasteiger charge is 2.18. The zero-order valence-corrected chi connectivity index (χ0v) is 20.7. The molecule has 0 spiro atoms. The van der Waals surface area contributed by atoms with Crippen LogP contribution in [-0.4, -0.2) is 32.6 Å². The van der Waals surface area contributed by atoms with Crippen molar-refractivity contribution in [3.05, 3.63) is 82.9 Å². The number of carbonyl (C=O) groups is 2. The second-order valence-electron chi connectivity index (χ2n) is 8.82. The number of benzene rings is 3. The molecule has 0 fully saturated rings. The van der Waals surface area contributed by atoms with E-state index in [1.54, 1.807) is 31.2 Å². The topological polar surface area (TPSA) is 102 Å². The zero-order valence-electron chi connectivity index (χ0n) is 19.9. The third-order valence-corrected chi connectivity index (χ3v) is 7.13. The van der Waals surface area contributed by atoms with Crippen molar-refractivity contribution >= 4 is 33.0 Å². The second-order valence-corrected chi connectivity index (χ2v) is 10.8. The van der Waals surface area contributed by atoms with Crippen molar-refractivity contribution in [3.63, 3.8) is 0 Å². The maximum Gasteiger partial charge on any atom is 0.265 e. The van der Waals surface area contributed by atoms with Gasteiger partial charge in [0.15, 0.2) is 15.9 Å². The van der Waals surface area contributed by atoms with E-state index in [0.29, 0.717) is 17.1 Å². The summed E-state index contributed by atoms with van der Waals surface area (Å²) in [6.07, 6.45) is 3.69. The summed E-state index contributed by atoms with van der Waals surface area (Å²) in [7, 11) is -3.42. The van der Waals surface area contributed by atoms with Gasteiger partial charge in [0.1, 0.15) is 5.75 Å². The Labute approximate surface area is 205 Å². The van der Waals surface area contributed by atoms with Crippen LogP contribution in [0.3, 0.4) is 0 Å². The van der Waals surface area contributed by atoms with Crippen LogP contribution in [-0.2, 0) is 27.5 Å². The van der Waals surface area contributed by atoms with E-state index in [4.69, 9.17) is 4.74 Å². The van der Waals surface area contributed by atoms with Crippen molar-refractivity contribution in [1.29, 1.82) is 0 Å². The second kappa shape index (κ2) is 9.92. The maximum absolute atomic E-state index is 12.7. The lowest BCUT2D eigenvalue weighted by atomic mass is 10.1. The number of aryl methyl sites for hydroxylation is 3. The highest BCUT2D eigenvalue weighted by molar-refractivity contribution is 7.90. The molecule has 8 heteroatoms. The third-order valence-electron chi connectivity index (χ3n) is 6.02. The number of hydrogen-bond donors (Lipinski definition) is 2. The molecule has 1 unspecified atom stereocenters. The molecular weight excluding hydrogens is 464 g/mol. The van der Waals surface area contributed by atoms with Crippen molar-refractivity contribution in [1.82, 2.24) is 0 Å². The number of ether oxygens (including phenoxy) is 1. The predicted octanol–water partition coefficient (Wildman–Crippen LogP) is 4.55. The Morgan fingerprint density at radius 3 is 2.46 bits per heavy atom. The zero-order chi connectivity index (χ0) is 25.2. The summed E-state index contributed by atoms with van der Waals surface area (Å²) in [6, 6.07) is 17.0. The Bertz CT molecular complexity index is 1400. The molecule has 3 aromatic rings. The smallest absolute Gasteiger partial charge is 0.265 e. The average Bonchev–Trinajstić information content (AvgIpc) is 3.28. The van der Waals surface area contributed by atoms with E-state index in [-0.39, 0.29) is 16.4 Å². The van der Waals surface area contributed by atoms with Crippen LogP contribution in [0.15, 0.2) is 65.6 Å². The first-order chi connectivity index (χ1) is 16.6. The van der Waals surface area contributed by atoms with Gasteiger partial charge in [0.25, 0.3) is 11.8 Å². The Morgan fingerprint density at radius 2 is 1.71 bits per heavy atom. The lowest BCUT2D eigenvalue weighted by Crippen LogP contribution is -2.30. The van der Waals surface area contributed by atoms with E-state index in [1.165, 1.54) is 29.3 Å². The first kappa shape index (κ1) is 24.5. The van der Waals surface area contributed by atoms with Crippen LogP contribution in [0.5, 0.6) is 5.75 Å². The Kier molecular flexibility index (Phi) is 6.93. The third kappa shape index (κ3) is 5.89. The van der Waals surface area contributed by atoms with Gasteiger partial charge >= 0.3 is 0 Å². The molecule has 0 aliphatic heterocycles. The number of rotatable bonds is 7. The molecule has 0 aromatic heterocycles. The number of sulfone groups is 1. The maximum atomic E-state index is 12.7. The van der Waals surface area contributed by atoms with Crippen molar-refractivity contribution < 1.29 is 22.7 Å². The molecule has 4 rings (SSSR count). The van der Waals surface area contributed by atoms with Crippen LogP contribution in [0, 0.1) is 6.92 Å². The standard InChI is InChI=1S/C27H28N2O5S/c1-17-14-22(28-26(30)18(2)34-23-12-10-19-6-4-7-20(19)15-23)11-13-25(17)29-27(31)21-8-5-9-24(16-21)35(3,32)33/h5,8-16,18H,4,6-7H2,1-3H3,(H,28,30)(H,29,31). The van der Waals surface area contributed by atoms with Crippen LogP contribution in [0.2, 0.25) is 0 Å². The monoisotopic (exact) mass is 492 g/mol. The summed E-state index contributed by atoms with van der Waals surface area (Å²) in [5, 5.41) is 5.64. The van der Waals surface area contributed by atoms with Gasteiger partial charge in [-0.25, -0.2) is 8.42 Å². The summed E-state index contributed by atoms with van der Waals surface area (Å²) in [4.78, 5) is 25.4. The molecule has 2 amide bonds. The van der Waals surface area contributed by atoms with Gasteiger partial charge in [0.2, 0.25) is 0 Å². The Morgan fingerprint density at radius 1 is 0.943 bits per heavy atom. The van der Waals surface area contributed by atoms with Gasteiger partial charge in [-0.15, -0.1) is 0 Å². The fourth-order valence-corrected chi connectivity index (χ4v) is 4.73. The summed E-state index contributed by atoms with van der Waals surface area (Å²) in [5.74, 6) is -0.0199. The molecule has 0 radical (unpaired) electrons. The van der Waals surface area contributed by atoms with Crippen molar-refractivity contribution in [2.24, 2.45) is 0 Å². The van der Waals surface area contributed by atoms with E-state index in [1.807, 2.05) is 19.1 Å². The first-order valence-electron chi connectivity index (χ1n) is 11.4. The first-order valence-corrected chi connectivity index (χ1v) is 13.3. The molecule has 1 atom stereocenters. The van der Waals surface area contributed by atoms with Crippen LogP contribution < -0.4 is 15.4 Å². The summed E-state index contributed by atoms with van der Waals surface area (Å²) in [5.41, 5.74) is 4.74. The number of carbonyl (C=O) groups excluding carboxylic acids is 2. The van der Waals surface area contributed by atoms with Gasteiger partial charge in [-0.05, 0) is 98.3 Å². The highest BCUT2D eigenvalue weighted by atomic mass is 32.2. The van der Waals surface area contributed by atoms with Crippen molar-refractivity contribution in [3.8, 4) is 5.75 Å². The van der Waals surface area contributed by atoms with E-state index in [9.17, 15) is 18.0 Å². The molecule has 0 saturated carbocycles. The van der Waals surface area contributed by atoms with Crippen LogP contribution in [0.4, 0.5) is 11.4 Å². The molecule has 0 heterocycles. The lowest BCUT2D eigenvalue weighted by Gasteiger charge is -2.16. The van der Waals surface area contributed by atoms with Gasteiger partial charge < -0.3 is 15.4 Å². The summed E-state index contributed by atoms with van der Waals surface area (Å²) in [6.45, 7) is 3.51. The van der Waals surface area contributed by atoms with Crippen LogP contribution >= 0.6 is 0 Å². The number of nitrogens with one attached hydrogen (secondary N) is 2. The molecule has 1 aliphatic rings. The van der Waals surface area contributed by atoms with Gasteiger partial charge in [-0.1, -0.05) is 12.1 Å². The fraction of sp³-hybridized carbons (Fsp3) is 0.259. The molecule has 2 N–H and O–H groups in total. The molecule has 7 nitrogen and oxygen atoms in total. The van der Waals surface area contributed by atoms with Gasteiger partial charge in [-0.3, -0.25) is 9.59 Å². The lowest BCUT2D eigenvalue weighted by molar-refractivity contribution is -0.122. The quantitative estimate of drug-likeness (QED) is 0.504. The van der Waals surface area contributed by atoms with Crippen LogP contribution in [0.25, 0.3) is 0 Å². The number of amides is 2. The van der Waals surface area contributed by atoms with E-state index < -0.39 is 21.8 Å². The molecule has 0 saturated heterocycles. The fourth-order valence-electron chi connectivity index (χ4n) is 4.07. The molecule has 3 aromatic carbocycles. The Hall–Kier alpha value is -3.65. The van der Waals surface area contributed by atoms with E-state index in [0.717, 1.165) is 31.1 Å². The summed E-state index contributed by atoms with van der Waals surface area (Å²) >= 11 is 0. The normalized spacial score (nSPS) is 13.6. The van der Waals surface area contributed by atoms with Gasteiger partial charge in [0.05, 0.1) is 4.90 Å². The SMILES string of the molecule is Cc1cc(NC(=O)C(C)Oc2ccc3c(c2)CCC3)ccc1NC(=O)c1cccc(S(C)(=O)=O)c1. The average molecular weight is 493 g/mol. The largest absolute Gasteiger partial charge is 0.481 e. The van der Waals surface area contributed by atoms with Crippen molar-refractivity contribution in [2.45, 2.75) is 44.1 Å². The number of fused-ring (bicyclic) bond motifs is 1.